The molecule has 0 radical (unpaired) electrons. The number of nitrogens with zero attached hydrogens (tertiary/aromatic N) is 2. The SMILES string of the molecule is CC1CN(C)CCN1C1CCCC1C(=O)O. The van der Waals surface area contributed by atoms with Gasteiger partial charge in [-0.2, -0.15) is 0 Å². The van der Waals surface area contributed by atoms with Crippen molar-refractivity contribution in [1.82, 2.24) is 9.80 Å². The third kappa shape index (κ3) is 2.23. The van der Waals surface area contributed by atoms with Crippen LogP contribution < -0.4 is 0 Å². The predicted octanol–water partition coefficient (Wildman–Crippen LogP) is 0.876. The first-order valence-electron chi connectivity index (χ1n) is 6.26. The van der Waals surface area contributed by atoms with Crippen LogP contribution in [-0.2, 0) is 4.79 Å². The number of carboxylic acids is 1. The van der Waals surface area contributed by atoms with Gasteiger partial charge in [0.2, 0.25) is 0 Å². The summed E-state index contributed by atoms with van der Waals surface area (Å²) < 4.78 is 0. The van der Waals surface area contributed by atoms with Crippen molar-refractivity contribution in [2.45, 2.75) is 38.3 Å². The Kier molecular flexibility index (Phi) is 3.50. The molecule has 1 saturated heterocycles. The Hall–Kier alpha value is -0.610. The average molecular weight is 226 g/mol. The van der Waals surface area contributed by atoms with Crippen molar-refractivity contribution in [3.8, 4) is 0 Å². The van der Waals surface area contributed by atoms with E-state index in [9.17, 15) is 9.90 Å². The second-order valence-electron chi connectivity index (χ2n) is 5.29. The Morgan fingerprint density at radius 1 is 1.31 bits per heavy atom. The summed E-state index contributed by atoms with van der Waals surface area (Å²) in [6, 6.07) is 0.768. The molecule has 92 valence electrons. The van der Waals surface area contributed by atoms with Crippen LogP contribution in [0.25, 0.3) is 0 Å². The van der Waals surface area contributed by atoms with Crippen LogP contribution in [0.4, 0.5) is 0 Å². The molecule has 0 aromatic rings. The molecule has 4 nitrogen and oxygen atoms in total. The molecule has 2 fully saturated rings. The summed E-state index contributed by atoms with van der Waals surface area (Å²) in [5, 5.41) is 9.22. The van der Waals surface area contributed by atoms with Gasteiger partial charge in [-0.15, -0.1) is 0 Å². The molecule has 1 N–H and O–H groups in total. The monoisotopic (exact) mass is 226 g/mol. The number of likely N-dealkylation sites (N-methyl/N-ethyl adjacent to an activating group) is 1. The highest BCUT2D eigenvalue weighted by molar-refractivity contribution is 5.71. The van der Waals surface area contributed by atoms with E-state index in [1.54, 1.807) is 0 Å². The second kappa shape index (κ2) is 4.72. The number of carbonyl (C=O) groups is 1. The quantitative estimate of drug-likeness (QED) is 0.759. The molecule has 0 aromatic carbocycles. The highest BCUT2D eigenvalue weighted by atomic mass is 16.4. The number of piperazine rings is 1. The van der Waals surface area contributed by atoms with Crippen LogP contribution in [0.3, 0.4) is 0 Å². The van der Waals surface area contributed by atoms with Crippen molar-refractivity contribution in [2.24, 2.45) is 5.92 Å². The van der Waals surface area contributed by atoms with Crippen LogP contribution in [0, 0.1) is 5.92 Å². The minimum absolute atomic E-state index is 0.133. The van der Waals surface area contributed by atoms with Crippen molar-refractivity contribution in [1.29, 1.82) is 0 Å². The molecule has 1 aliphatic heterocycles. The zero-order valence-electron chi connectivity index (χ0n) is 10.2. The zero-order valence-corrected chi connectivity index (χ0v) is 10.2. The molecule has 2 rings (SSSR count). The fraction of sp³-hybridized carbons (Fsp3) is 0.917. The average Bonchev–Trinajstić information content (AvgIpc) is 2.66. The predicted molar refractivity (Wildman–Crippen MR) is 62.4 cm³/mol. The van der Waals surface area contributed by atoms with Crippen LogP contribution in [0.1, 0.15) is 26.2 Å². The fourth-order valence-corrected chi connectivity index (χ4v) is 3.27. The molecule has 1 heterocycles. The highest BCUT2D eigenvalue weighted by Crippen LogP contribution is 2.32. The molecule has 4 heteroatoms. The summed E-state index contributed by atoms with van der Waals surface area (Å²) in [5.74, 6) is -0.737. The Morgan fingerprint density at radius 3 is 2.69 bits per heavy atom. The highest BCUT2D eigenvalue weighted by Gasteiger charge is 2.39. The van der Waals surface area contributed by atoms with Gasteiger partial charge in [-0.25, -0.2) is 0 Å². The van der Waals surface area contributed by atoms with Crippen LogP contribution in [0.15, 0.2) is 0 Å². The van der Waals surface area contributed by atoms with Gasteiger partial charge in [-0.3, -0.25) is 9.69 Å². The lowest BCUT2D eigenvalue weighted by atomic mass is 9.99. The van der Waals surface area contributed by atoms with E-state index >= 15 is 0 Å². The standard InChI is InChI=1S/C12H22N2O2/c1-9-8-13(2)6-7-14(9)11-5-3-4-10(11)12(15)16/h9-11H,3-8H2,1-2H3,(H,15,16). The van der Waals surface area contributed by atoms with Crippen molar-refractivity contribution < 1.29 is 9.90 Å². The van der Waals surface area contributed by atoms with Crippen molar-refractivity contribution in [2.75, 3.05) is 26.7 Å². The summed E-state index contributed by atoms with van der Waals surface area (Å²) in [4.78, 5) is 15.9. The van der Waals surface area contributed by atoms with Gasteiger partial charge in [0, 0.05) is 31.7 Å². The molecule has 16 heavy (non-hydrogen) atoms. The molecule has 1 aliphatic carbocycles. The van der Waals surface area contributed by atoms with E-state index in [4.69, 9.17) is 0 Å². The Morgan fingerprint density at radius 2 is 2.06 bits per heavy atom. The first-order chi connectivity index (χ1) is 7.59. The van der Waals surface area contributed by atoms with Gasteiger partial charge in [0.05, 0.1) is 5.92 Å². The molecular formula is C12H22N2O2. The molecule has 0 aromatic heterocycles. The largest absolute Gasteiger partial charge is 0.481 e. The minimum atomic E-state index is -0.603. The summed E-state index contributed by atoms with van der Waals surface area (Å²) in [5.41, 5.74) is 0. The van der Waals surface area contributed by atoms with Crippen molar-refractivity contribution in [3.05, 3.63) is 0 Å². The maximum absolute atomic E-state index is 11.2. The minimum Gasteiger partial charge on any atom is -0.481 e. The normalized spacial score (nSPS) is 37.8. The van der Waals surface area contributed by atoms with E-state index in [-0.39, 0.29) is 12.0 Å². The van der Waals surface area contributed by atoms with Crippen LogP contribution >= 0.6 is 0 Å². The van der Waals surface area contributed by atoms with E-state index in [2.05, 4.69) is 23.8 Å². The Labute approximate surface area is 97.2 Å². The maximum atomic E-state index is 11.2. The Balaban J connectivity index is 2.03. The van der Waals surface area contributed by atoms with Gasteiger partial charge in [0.1, 0.15) is 0 Å². The van der Waals surface area contributed by atoms with Crippen molar-refractivity contribution in [3.63, 3.8) is 0 Å². The first kappa shape index (κ1) is 11.9. The van der Waals surface area contributed by atoms with Crippen LogP contribution in [-0.4, -0.2) is 59.6 Å². The van der Waals surface area contributed by atoms with Gasteiger partial charge in [0.15, 0.2) is 0 Å². The second-order valence-corrected chi connectivity index (χ2v) is 5.29. The lowest BCUT2D eigenvalue weighted by Gasteiger charge is -2.43. The third-order valence-electron chi connectivity index (χ3n) is 4.10. The summed E-state index contributed by atoms with van der Waals surface area (Å²) in [6.07, 6.45) is 2.99. The van der Waals surface area contributed by atoms with Gasteiger partial charge in [-0.1, -0.05) is 6.42 Å². The molecule has 0 bridgehead atoms. The van der Waals surface area contributed by atoms with E-state index < -0.39 is 5.97 Å². The molecule has 0 spiro atoms. The fourth-order valence-electron chi connectivity index (χ4n) is 3.27. The summed E-state index contributed by atoms with van der Waals surface area (Å²) >= 11 is 0. The summed E-state index contributed by atoms with van der Waals surface area (Å²) in [6.45, 7) is 5.36. The van der Waals surface area contributed by atoms with Crippen LogP contribution in [0.5, 0.6) is 0 Å². The van der Waals surface area contributed by atoms with Gasteiger partial charge < -0.3 is 10.0 Å². The molecular weight excluding hydrogens is 204 g/mol. The molecule has 3 atom stereocenters. The molecule has 3 unspecified atom stereocenters. The number of hydrogen-bond acceptors (Lipinski definition) is 3. The lowest BCUT2D eigenvalue weighted by molar-refractivity contribution is -0.144. The number of aliphatic carboxylic acids is 1. The molecule has 0 amide bonds. The topological polar surface area (TPSA) is 43.8 Å². The number of hydrogen-bond donors (Lipinski definition) is 1. The van der Waals surface area contributed by atoms with E-state index in [1.165, 1.54) is 0 Å². The third-order valence-corrected chi connectivity index (χ3v) is 4.10. The van der Waals surface area contributed by atoms with E-state index in [0.29, 0.717) is 6.04 Å². The van der Waals surface area contributed by atoms with Gasteiger partial charge >= 0.3 is 5.97 Å². The maximum Gasteiger partial charge on any atom is 0.308 e. The van der Waals surface area contributed by atoms with E-state index in [1.807, 2.05) is 0 Å². The van der Waals surface area contributed by atoms with Crippen molar-refractivity contribution >= 4 is 5.97 Å². The Bertz CT molecular complexity index is 270. The molecule has 2 aliphatic rings. The number of carboxylic acid groups (broad SMARTS) is 1. The van der Waals surface area contributed by atoms with Crippen LogP contribution in [0.2, 0.25) is 0 Å². The lowest BCUT2D eigenvalue weighted by Crippen LogP contribution is -2.55. The van der Waals surface area contributed by atoms with Gasteiger partial charge in [-0.05, 0) is 26.8 Å². The molecule has 1 saturated carbocycles. The first-order valence-corrected chi connectivity index (χ1v) is 6.26. The van der Waals surface area contributed by atoms with Gasteiger partial charge in [0.25, 0.3) is 0 Å². The van der Waals surface area contributed by atoms with E-state index in [0.717, 1.165) is 38.9 Å². The smallest absolute Gasteiger partial charge is 0.308 e. The zero-order chi connectivity index (χ0) is 11.7. The number of rotatable bonds is 2. The summed E-state index contributed by atoms with van der Waals surface area (Å²) in [7, 11) is 2.14.